The third kappa shape index (κ3) is 5.13. The minimum atomic E-state index is -0.839. The van der Waals surface area contributed by atoms with E-state index < -0.39 is 12.0 Å². The van der Waals surface area contributed by atoms with Gasteiger partial charge in [-0.3, -0.25) is 9.69 Å². The highest BCUT2D eigenvalue weighted by Crippen LogP contribution is 2.43. The molecule has 2 aromatic rings. The van der Waals surface area contributed by atoms with Gasteiger partial charge in [0.2, 0.25) is 0 Å². The van der Waals surface area contributed by atoms with Gasteiger partial charge in [0.05, 0.1) is 0 Å². The molecule has 2 fully saturated rings. The smallest absolute Gasteiger partial charge is 0.320 e. The fraction of sp³-hybridized carbons (Fsp3) is 0.500. The molecule has 0 amide bonds. The van der Waals surface area contributed by atoms with E-state index >= 15 is 0 Å². The van der Waals surface area contributed by atoms with E-state index in [9.17, 15) is 9.90 Å². The summed E-state index contributed by atoms with van der Waals surface area (Å²) < 4.78 is 6.09. The lowest BCUT2D eigenvalue weighted by molar-refractivity contribution is -0.139. The van der Waals surface area contributed by atoms with Crippen molar-refractivity contribution in [3.05, 3.63) is 59.1 Å². The molecule has 2 atom stereocenters. The van der Waals surface area contributed by atoms with Crippen LogP contribution >= 0.6 is 11.6 Å². The lowest BCUT2D eigenvalue weighted by atomic mass is 9.73. The van der Waals surface area contributed by atoms with Gasteiger partial charge < -0.3 is 20.1 Å². The predicted octanol–water partition coefficient (Wildman–Crippen LogP) is 4.37. The minimum Gasteiger partial charge on any atom is -0.489 e. The second-order valence-electron chi connectivity index (χ2n) is 9.55. The average Bonchev–Trinajstić information content (AvgIpc) is 3.27. The van der Waals surface area contributed by atoms with Gasteiger partial charge in [-0.2, -0.15) is 0 Å². The van der Waals surface area contributed by atoms with E-state index in [1.807, 2.05) is 12.1 Å². The van der Waals surface area contributed by atoms with Crippen LogP contribution in [0.2, 0.25) is 5.02 Å². The Morgan fingerprint density at radius 1 is 1.12 bits per heavy atom. The van der Waals surface area contributed by atoms with E-state index in [1.165, 1.54) is 5.56 Å². The van der Waals surface area contributed by atoms with Gasteiger partial charge in [-0.25, -0.2) is 0 Å². The molecule has 33 heavy (non-hydrogen) atoms. The quantitative estimate of drug-likeness (QED) is 0.625. The van der Waals surface area contributed by atoms with Gasteiger partial charge in [0, 0.05) is 48.4 Å². The molecule has 2 aromatic carbocycles. The maximum absolute atomic E-state index is 11.2. The molecule has 1 aliphatic heterocycles. The molecular weight excluding hydrogens is 438 g/mol. The summed E-state index contributed by atoms with van der Waals surface area (Å²) in [6.45, 7) is 0.517. The van der Waals surface area contributed by atoms with Crippen molar-refractivity contribution < 1.29 is 14.6 Å². The molecule has 1 saturated carbocycles. The Morgan fingerprint density at radius 3 is 2.42 bits per heavy atom. The van der Waals surface area contributed by atoms with Gasteiger partial charge in [0.15, 0.2) is 0 Å². The van der Waals surface area contributed by atoms with Crippen LogP contribution in [0, 0.1) is 0 Å². The van der Waals surface area contributed by atoms with E-state index in [2.05, 4.69) is 66.6 Å². The van der Waals surface area contributed by atoms with Gasteiger partial charge in [-0.05, 0) is 57.5 Å². The zero-order valence-electron chi connectivity index (χ0n) is 19.6. The van der Waals surface area contributed by atoms with Crippen LogP contribution in [0.3, 0.4) is 0 Å². The summed E-state index contributed by atoms with van der Waals surface area (Å²) in [7, 11) is 6.50. The molecule has 0 radical (unpaired) electrons. The summed E-state index contributed by atoms with van der Waals surface area (Å²) in [4.78, 5) is 15.9. The molecule has 0 unspecified atom stereocenters. The number of benzene rings is 2. The van der Waals surface area contributed by atoms with Crippen molar-refractivity contribution in [1.29, 1.82) is 0 Å². The van der Waals surface area contributed by atoms with E-state index in [0.29, 0.717) is 29.8 Å². The number of aliphatic carboxylic acids is 1. The zero-order chi connectivity index (χ0) is 23.6. The monoisotopic (exact) mass is 471 g/mol. The van der Waals surface area contributed by atoms with Crippen molar-refractivity contribution in [3.8, 4) is 5.75 Å². The number of anilines is 1. The third-order valence-electron chi connectivity index (χ3n) is 7.45. The molecule has 7 heteroatoms. The van der Waals surface area contributed by atoms with Gasteiger partial charge in [-0.1, -0.05) is 41.9 Å². The van der Waals surface area contributed by atoms with Gasteiger partial charge in [-0.15, -0.1) is 0 Å². The zero-order valence-corrected chi connectivity index (χ0v) is 20.4. The number of nitrogens with one attached hydrogen (secondary N) is 1. The number of carbonyl (C=O) groups is 1. The Kier molecular flexibility index (Phi) is 7.17. The van der Waals surface area contributed by atoms with Gasteiger partial charge in [0.25, 0.3) is 0 Å². The molecule has 2 aliphatic rings. The van der Waals surface area contributed by atoms with Crippen molar-refractivity contribution in [1.82, 2.24) is 10.2 Å². The largest absolute Gasteiger partial charge is 0.489 e. The summed E-state index contributed by atoms with van der Waals surface area (Å²) in [6, 6.07) is 16.5. The van der Waals surface area contributed by atoms with E-state index in [4.69, 9.17) is 16.3 Å². The van der Waals surface area contributed by atoms with Crippen molar-refractivity contribution in [2.75, 3.05) is 32.6 Å². The lowest BCUT2D eigenvalue weighted by Crippen LogP contribution is -2.48. The number of halogens is 1. The van der Waals surface area contributed by atoms with Crippen molar-refractivity contribution >= 4 is 23.3 Å². The summed E-state index contributed by atoms with van der Waals surface area (Å²) in [5.41, 5.74) is 2.48. The van der Waals surface area contributed by atoms with Crippen molar-refractivity contribution in [2.24, 2.45) is 0 Å². The van der Waals surface area contributed by atoms with Gasteiger partial charge in [0.1, 0.15) is 17.9 Å². The van der Waals surface area contributed by atoms with Crippen LogP contribution in [0.5, 0.6) is 5.75 Å². The predicted molar refractivity (Wildman–Crippen MR) is 132 cm³/mol. The molecule has 0 spiro atoms. The van der Waals surface area contributed by atoms with Crippen LogP contribution in [-0.2, 0) is 10.3 Å². The van der Waals surface area contributed by atoms with Crippen LogP contribution in [-0.4, -0.2) is 61.9 Å². The fourth-order valence-corrected chi connectivity index (χ4v) is 5.63. The summed E-state index contributed by atoms with van der Waals surface area (Å²) in [5, 5.41) is 12.8. The van der Waals surface area contributed by atoms with Crippen LogP contribution < -0.4 is 15.0 Å². The highest BCUT2D eigenvalue weighted by Gasteiger charge is 2.39. The van der Waals surface area contributed by atoms with Crippen LogP contribution in [0.15, 0.2) is 48.5 Å². The number of hydrogen-bond donors (Lipinski definition) is 2. The summed E-state index contributed by atoms with van der Waals surface area (Å²) in [6.07, 6.45) is 4.62. The number of carboxylic acid groups (broad SMARTS) is 1. The van der Waals surface area contributed by atoms with Crippen molar-refractivity contribution in [3.63, 3.8) is 0 Å². The number of nitrogens with zero attached hydrogens (tertiary/aromatic N) is 2. The summed E-state index contributed by atoms with van der Waals surface area (Å²) >= 11 is 6.44. The highest BCUT2D eigenvalue weighted by atomic mass is 35.5. The van der Waals surface area contributed by atoms with Crippen LogP contribution in [0.25, 0.3) is 0 Å². The standard InChI is InChI=1S/C26H34ClN3O3/c1-29(2)26(18-7-5-4-6-8-18)11-9-20(10-12-26)30(3)21-13-19(27)14-22(15-21)33-23-16-24(25(31)32)28-17-23/h4-8,13-15,20,23-24,28H,9-12,16-17H2,1-3H3,(H,31,32)/t20?,23-,24-,26?/m0/s1. The summed E-state index contributed by atoms with van der Waals surface area (Å²) in [5.74, 6) is -0.154. The van der Waals surface area contributed by atoms with E-state index in [-0.39, 0.29) is 11.6 Å². The Hall–Kier alpha value is -2.28. The molecule has 2 N–H and O–H groups in total. The van der Waals surface area contributed by atoms with Gasteiger partial charge >= 0.3 is 5.97 Å². The minimum absolute atomic E-state index is 0.0668. The second kappa shape index (κ2) is 9.92. The molecule has 6 nitrogen and oxygen atoms in total. The molecule has 1 saturated heterocycles. The van der Waals surface area contributed by atoms with E-state index in [0.717, 1.165) is 31.4 Å². The number of rotatable bonds is 7. The number of carboxylic acids is 1. The normalized spacial score (nSPS) is 27.5. The first-order chi connectivity index (χ1) is 15.8. The maximum atomic E-state index is 11.2. The first-order valence-electron chi connectivity index (χ1n) is 11.7. The third-order valence-corrected chi connectivity index (χ3v) is 7.67. The van der Waals surface area contributed by atoms with Crippen LogP contribution in [0.4, 0.5) is 5.69 Å². The SMILES string of the molecule is CN(c1cc(Cl)cc(O[C@@H]2CN[C@H](C(=O)O)C2)c1)C1CCC(c2ccccc2)(N(C)C)CC1. The molecule has 0 bridgehead atoms. The molecule has 4 rings (SSSR count). The fourth-order valence-electron chi connectivity index (χ4n) is 5.41. The highest BCUT2D eigenvalue weighted by molar-refractivity contribution is 6.31. The number of ether oxygens (including phenoxy) is 1. The Labute approximate surface area is 201 Å². The number of hydrogen-bond acceptors (Lipinski definition) is 5. The Bertz CT molecular complexity index is 961. The first-order valence-corrected chi connectivity index (χ1v) is 12.1. The van der Waals surface area contributed by atoms with Crippen LogP contribution in [0.1, 0.15) is 37.7 Å². The Morgan fingerprint density at radius 2 is 1.82 bits per heavy atom. The van der Waals surface area contributed by atoms with Crippen molar-refractivity contribution in [2.45, 2.75) is 55.8 Å². The van der Waals surface area contributed by atoms with E-state index in [1.54, 1.807) is 6.07 Å². The topological polar surface area (TPSA) is 65.0 Å². The Balaban J connectivity index is 1.44. The average molecular weight is 472 g/mol. The molecule has 1 heterocycles. The molecular formula is C26H34ClN3O3. The lowest BCUT2D eigenvalue weighted by Gasteiger charge is -2.47. The molecule has 0 aromatic heterocycles. The molecule has 178 valence electrons. The first kappa shape index (κ1) is 23.9. The molecule has 1 aliphatic carbocycles. The second-order valence-corrected chi connectivity index (χ2v) is 9.99. The maximum Gasteiger partial charge on any atom is 0.320 e.